The van der Waals surface area contributed by atoms with Crippen LogP contribution in [0.2, 0.25) is 0 Å². The molecule has 0 aromatic heterocycles. The molecule has 1 atom stereocenters. The molecular formula is C14H23NO2. The van der Waals surface area contributed by atoms with Crippen molar-refractivity contribution in [3.8, 4) is 5.75 Å². The molecule has 3 heteroatoms. The highest BCUT2D eigenvalue weighted by Gasteiger charge is 2.08. The van der Waals surface area contributed by atoms with Gasteiger partial charge in [-0.05, 0) is 37.1 Å². The SMILES string of the molecule is COc1ccc([C@@H](C)CN(C)CCCO)cc1. The lowest BCUT2D eigenvalue weighted by Crippen LogP contribution is -2.25. The first-order valence-electron chi connectivity index (χ1n) is 6.10. The van der Waals surface area contributed by atoms with Crippen molar-refractivity contribution >= 4 is 0 Å². The average Bonchev–Trinajstić information content (AvgIpc) is 2.36. The Balaban J connectivity index is 2.47. The number of methoxy groups -OCH3 is 1. The highest BCUT2D eigenvalue weighted by molar-refractivity contribution is 5.29. The Bertz CT molecular complexity index is 311. The van der Waals surface area contributed by atoms with Crippen LogP contribution in [0.15, 0.2) is 24.3 Å². The van der Waals surface area contributed by atoms with Crippen LogP contribution in [-0.2, 0) is 0 Å². The highest BCUT2D eigenvalue weighted by Crippen LogP contribution is 2.19. The predicted octanol–water partition coefficient (Wildman–Crippen LogP) is 2.11. The third-order valence-electron chi connectivity index (χ3n) is 2.97. The standard InChI is InChI=1S/C14H23NO2/c1-12(11-15(2)9-4-10-16)13-5-7-14(17-3)8-6-13/h5-8,12,16H,4,9-11H2,1-3H3/t12-/m0/s1. The van der Waals surface area contributed by atoms with Gasteiger partial charge >= 0.3 is 0 Å². The van der Waals surface area contributed by atoms with Gasteiger partial charge < -0.3 is 14.7 Å². The third kappa shape index (κ3) is 4.75. The maximum atomic E-state index is 8.78. The van der Waals surface area contributed by atoms with Crippen molar-refractivity contribution in [3.63, 3.8) is 0 Å². The first-order chi connectivity index (χ1) is 8.17. The smallest absolute Gasteiger partial charge is 0.118 e. The van der Waals surface area contributed by atoms with E-state index in [4.69, 9.17) is 9.84 Å². The molecule has 0 spiro atoms. The lowest BCUT2D eigenvalue weighted by Gasteiger charge is -2.21. The average molecular weight is 237 g/mol. The van der Waals surface area contributed by atoms with Gasteiger partial charge in [0.2, 0.25) is 0 Å². The molecule has 0 saturated heterocycles. The molecule has 0 radical (unpaired) electrons. The van der Waals surface area contributed by atoms with Gasteiger partial charge in [-0.1, -0.05) is 19.1 Å². The fourth-order valence-electron chi connectivity index (χ4n) is 1.94. The molecule has 1 aromatic rings. The summed E-state index contributed by atoms with van der Waals surface area (Å²) >= 11 is 0. The molecule has 1 N–H and O–H groups in total. The minimum Gasteiger partial charge on any atom is -0.497 e. The van der Waals surface area contributed by atoms with E-state index in [2.05, 4.69) is 31.0 Å². The summed E-state index contributed by atoms with van der Waals surface area (Å²) in [6, 6.07) is 8.23. The van der Waals surface area contributed by atoms with Crippen molar-refractivity contribution in [1.82, 2.24) is 4.90 Å². The lowest BCUT2D eigenvalue weighted by molar-refractivity contribution is 0.243. The molecule has 0 unspecified atom stereocenters. The van der Waals surface area contributed by atoms with E-state index >= 15 is 0 Å². The molecule has 0 aliphatic heterocycles. The number of likely N-dealkylation sites (N-methyl/N-ethyl adjacent to an activating group) is 1. The molecule has 0 bridgehead atoms. The van der Waals surface area contributed by atoms with E-state index in [1.807, 2.05) is 12.1 Å². The molecule has 3 nitrogen and oxygen atoms in total. The quantitative estimate of drug-likeness (QED) is 0.788. The minimum absolute atomic E-state index is 0.265. The van der Waals surface area contributed by atoms with Gasteiger partial charge in [-0.2, -0.15) is 0 Å². The summed E-state index contributed by atoms with van der Waals surface area (Å²) in [7, 11) is 3.77. The van der Waals surface area contributed by atoms with Crippen molar-refractivity contribution in [2.75, 3.05) is 33.9 Å². The molecule has 17 heavy (non-hydrogen) atoms. The first-order valence-corrected chi connectivity index (χ1v) is 6.10. The van der Waals surface area contributed by atoms with Crippen LogP contribution in [-0.4, -0.2) is 43.9 Å². The zero-order valence-corrected chi connectivity index (χ0v) is 11.0. The molecular weight excluding hydrogens is 214 g/mol. The van der Waals surface area contributed by atoms with Gasteiger partial charge in [0.15, 0.2) is 0 Å². The van der Waals surface area contributed by atoms with Gasteiger partial charge in [0.25, 0.3) is 0 Å². The number of benzene rings is 1. The molecule has 96 valence electrons. The summed E-state index contributed by atoms with van der Waals surface area (Å²) in [5.41, 5.74) is 1.32. The second-order valence-electron chi connectivity index (χ2n) is 4.51. The summed E-state index contributed by atoms with van der Waals surface area (Å²) in [6.07, 6.45) is 0.839. The molecule has 0 fully saturated rings. The number of aliphatic hydroxyl groups excluding tert-OH is 1. The van der Waals surface area contributed by atoms with Gasteiger partial charge in [-0.25, -0.2) is 0 Å². The number of hydrogen-bond acceptors (Lipinski definition) is 3. The zero-order chi connectivity index (χ0) is 12.7. The van der Waals surface area contributed by atoms with Crippen LogP contribution in [0.3, 0.4) is 0 Å². The van der Waals surface area contributed by atoms with E-state index < -0.39 is 0 Å². The summed E-state index contributed by atoms with van der Waals surface area (Å²) in [5.74, 6) is 1.39. The largest absolute Gasteiger partial charge is 0.497 e. The van der Waals surface area contributed by atoms with Gasteiger partial charge in [0, 0.05) is 19.7 Å². The molecule has 0 saturated carbocycles. The topological polar surface area (TPSA) is 32.7 Å². The zero-order valence-electron chi connectivity index (χ0n) is 11.0. The fourth-order valence-corrected chi connectivity index (χ4v) is 1.94. The Hall–Kier alpha value is -1.06. The third-order valence-corrected chi connectivity index (χ3v) is 2.97. The molecule has 1 rings (SSSR count). The Morgan fingerprint density at radius 1 is 1.29 bits per heavy atom. The molecule has 0 aliphatic carbocycles. The minimum atomic E-state index is 0.265. The van der Waals surface area contributed by atoms with E-state index in [0.29, 0.717) is 5.92 Å². The highest BCUT2D eigenvalue weighted by atomic mass is 16.5. The number of hydrogen-bond donors (Lipinski definition) is 1. The van der Waals surface area contributed by atoms with Crippen LogP contribution in [0.5, 0.6) is 5.75 Å². The van der Waals surface area contributed by atoms with Gasteiger partial charge in [0.1, 0.15) is 5.75 Å². The Morgan fingerprint density at radius 3 is 2.47 bits per heavy atom. The van der Waals surface area contributed by atoms with Crippen LogP contribution in [0.1, 0.15) is 24.8 Å². The van der Waals surface area contributed by atoms with Gasteiger partial charge in [-0.15, -0.1) is 0 Å². The van der Waals surface area contributed by atoms with Crippen molar-refractivity contribution < 1.29 is 9.84 Å². The van der Waals surface area contributed by atoms with Crippen LogP contribution in [0, 0.1) is 0 Å². The van der Waals surface area contributed by atoms with Crippen LogP contribution < -0.4 is 4.74 Å². The molecule has 1 aromatic carbocycles. The van der Waals surface area contributed by atoms with E-state index in [0.717, 1.165) is 25.3 Å². The van der Waals surface area contributed by atoms with Crippen molar-refractivity contribution in [3.05, 3.63) is 29.8 Å². The van der Waals surface area contributed by atoms with Crippen LogP contribution in [0.4, 0.5) is 0 Å². The van der Waals surface area contributed by atoms with E-state index in [9.17, 15) is 0 Å². The number of ether oxygens (including phenoxy) is 1. The Kier molecular flexibility index (Phi) is 6.01. The summed E-state index contributed by atoms with van der Waals surface area (Å²) in [6.45, 7) is 4.43. The normalized spacial score (nSPS) is 12.8. The number of rotatable bonds is 7. The Morgan fingerprint density at radius 2 is 1.94 bits per heavy atom. The predicted molar refractivity (Wildman–Crippen MR) is 70.6 cm³/mol. The Labute approximate surface area is 104 Å². The van der Waals surface area contributed by atoms with Crippen LogP contribution in [0.25, 0.3) is 0 Å². The molecule has 0 aliphatic rings. The molecule has 0 amide bonds. The van der Waals surface area contributed by atoms with Crippen molar-refractivity contribution in [2.24, 2.45) is 0 Å². The lowest BCUT2D eigenvalue weighted by atomic mass is 10.0. The summed E-state index contributed by atoms with van der Waals surface area (Å²) in [5, 5.41) is 8.78. The second kappa shape index (κ2) is 7.30. The number of nitrogens with zero attached hydrogens (tertiary/aromatic N) is 1. The van der Waals surface area contributed by atoms with E-state index in [1.165, 1.54) is 5.56 Å². The van der Waals surface area contributed by atoms with E-state index in [-0.39, 0.29) is 6.61 Å². The van der Waals surface area contributed by atoms with E-state index in [1.54, 1.807) is 7.11 Å². The second-order valence-corrected chi connectivity index (χ2v) is 4.51. The maximum Gasteiger partial charge on any atom is 0.118 e. The summed E-state index contributed by atoms with van der Waals surface area (Å²) < 4.78 is 5.14. The van der Waals surface area contributed by atoms with Crippen LogP contribution >= 0.6 is 0 Å². The number of aliphatic hydroxyl groups is 1. The maximum absolute atomic E-state index is 8.78. The fraction of sp³-hybridized carbons (Fsp3) is 0.571. The molecule has 0 heterocycles. The monoisotopic (exact) mass is 237 g/mol. The van der Waals surface area contributed by atoms with Crippen molar-refractivity contribution in [2.45, 2.75) is 19.3 Å². The first kappa shape index (κ1) is 14.0. The van der Waals surface area contributed by atoms with Gasteiger partial charge in [0.05, 0.1) is 7.11 Å². The van der Waals surface area contributed by atoms with Gasteiger partial charge in [-0.3, -0.25) is 0 Å². The van der Waals surface area contributed by atoms with Crippen molar-refractivity contribution in [1.29, 1.82) is 0 Å². The summed E-state index contributed by atoms with van der Waals surface area (Å²) in [4.78, 5) is 2.26.